The molecule has 44 heavy (non-hydrogen) atoms. The van der Waals surface area contributed by atoms with E-state index in [0.717, 1.165) is 78.2 Å². The van der Waals surface area contributed by atoms with Gasteiger partial charge >= 0.3 is 5.97 Å². The largest absolute Gasteiger partial charge is 0.465 e. The number of carbonyl (C=O) groups is 2. The standard InChI is InChI=1S/C34H40N6O4/c1-5-12-44-19-40-21(3)26-8-9-29(32(26)37-40)36-33(41)28-18-38(30-10-6-22(14-27(28)30)34(42)43-4)15-23-7-11-31(35-20(23)2)39-16-24-13-25(24)17-39/h6-7,10-11,14,18,24-25,29H,5,8-9,12-13,15-17,19H2,1-4H3,(H,36,41). The molecule has 10 heteroatoms. The Balaban J connectivity index is 1.16. The van der Waals surface area contributed by atoms with Crippen LogP contribution in [0.25, 0.3) is 10.9 Å². The minimum absolute atomic E-state index is 0.193. The summed E-state index contributed by atoms with van der Waals surface area (Å²) in [6, 6.07) is 9.47. The Kier molecular flexibility index (Phi) is 7.40. The van der Waals surface area contributed by atoms with Crippen molar-refractivity contribution in [1.29, 1.82) is 0 Å². The fourth-order valence-corrected chi connectivity index (χ4v) is 6.96. The molecule has 3 aromatic heterocycles. The first-order chi connectivity index (χ1) is 21.3. The summed E-state index contributed by atoms with van der Waals surface area (Å²) in [6.45, 7) is 10.0. The van der Waals surface area contributed by atoms with E-state index in [4.69, 9.17) is 19.6 Å². The van der Waals surface area contributed by atoms with Crippen LogP contribution in [0, 0.1) is 25.7 Å². The Morgan fingerprint density at radius 2 is 1.93 bits per heavy atom. The van der Waals surface area contributed by atoms with Gasteiger partial charge in [0.15, 0.2) is 0 Å². The highest BCUT2D eigenvalue weighted by Gasteiger charge is 2.45. The summed E-state index contributed by atoms with van der Waals surface area (Å²) >= 11 is 0. The zero-order valence-electron chi connectivity index (χ0n) is 25.9. The Hall–Kier alpha value is -4.18. The molecule has 1 N–H and O–H groups in total. The minimum Gasteiger partial charge on any atom is -0.465 e. The van der Waals surface area contributed by atoms with Crippen molar-refractivity contribution in [1.82, 2.24) is 24.6 Å². The van der Waals surface area contributed by atoms with Crippen LogP contribution in [-0.4, -0.2) is 58.0 Å². The number of fused-ring (bicyclic) bond motifs is 3. The number of benzene rings is 1. The van der Waals surface area contributed by atoms with Gasteiger partial charge in [0.2, 0.25) is 0 Å². The van der Waals surface area contributed by atoms with Crippen LogP contribution in [0.4, 0.5) is 5.82 Å². The molecular weight excluding hydrogens is 556 g/mol. The zero-order chi connectivity index (χ0) is 30.5. The molecule has 4 aromatic rings. The monoisotopic (exact) mass is 596 g/mol. The fourth-order valence-electron chi connectivity index (χ4n) is 6.96. The number of esters is 1. The summed E-state index contributed by atoms with van der Waals surface area (Å²) < 4.78 is 14.7. The second kappa shape index (κ2) is 11.4. The summed E-state index contributed by atoms with van der Waals surface area (Å²) in [6.07, 6.45) is 5.85. The van der Waals surface area contributed by atoms with Crippen LogP contribution in [0.15, 0.2) is 36.5 Å². The summed E-state index contributed by atoms with van der Waals surface area (Å²) in [7, 11) is 1.36. The lowest BCUT2D eigenvalue weighted by Gasteiger charge is -2.20. The Bertz CT molecular complexity index is 1750. The van der Waals surface area contributed by atoms with E-state index in [1.807, 2.05) is 16.9 Å². The SMILES string of the molecule is CCCOCn1nc2c(c1C)CCC2NC(=O)c1cn(Cc2ccc(N3CC4CC4C3)nc2C)c2ccc(C(=O)OC)cc12. The van der Waals surface area contributed by atoms with Crippen LogP contribution in [0.2, 0.25) is 0 Å². The molecule has 1 saturated heterocycles. The lowest BCUT2D eigenvalue weighted by Crippen LogP contribution is -2.27. The first-order valence-electron chi connectivity index (χ1n) is 15.7. The molecule has 1 saturated carbocycles. The Morgan fingerprint density at radius 1 is 1.11 bits per heavy atom. The van der Waals surface area contributed by atoms with E-state index in [0.29, 0.717) is 36.4 Å². The van der Waals surface area contributed by atoms with Gasteiger partial charge in [0, 0.05) is 54.7 Å². The van der Waals surface area contributed by atoms with E-state index in [2.05, 4.69) is 47.7 Å². The minimum atomic E-state index is -0.437. The number of aromatic nitrogens is 4. The Labute approximate surface area is 257 Å². The highest BCUT2D eigenvalue weighted by Crippen LogP contribution is 2.46. The molecule has 3 atom stereocenters. The predicted octanol–water partition coefficient (Wildman–Crippen LogP) is 4.94. The lowest BCUT2D eigenvalue weighted by molar-refractivity contribution is 0.0600. The molecule has 1 aliphatic heterocycles. The number of carbonyl (C=O) groups excluding carboxylic acids is 2. The molecule has 2 fully saturated rings. The van der Waals surface area contributed by atoms with Crippen molar-refractivity contribution >= 4 is 28.6 Å². The van der Waals surface area contributed by atoms with Crippen molar-refractivity contribution in [3.05, 3.63) is 75.9 Å². The van der Waals surface area contributed by atoms with Gasteiger partial charge in [0.05, 0.1) is 30.0 Å². The average Bonchev–Trinajstić information content (AvgIpc) is 3.35. The molecule has 4 heterocycles. The number of nitrogens with zero attached hydrogens (tertiary/aromatic N) is 5. The molecule has 3 aliphatic rings. The van der Waals surface area contributed by atoms with Crippen molar-refractivity contribution in [3.8, 4) is 0 Å². The number of hydrogen-bond donors (Lipinski definition) is 1. The van der Waals surface area contributed by atoms with Gasteiger partial charge in [-0.2, -0.15) is 5.10 Å². The van der Waals surface area contributed by atoms with Crippen LogP contribution >= 0.6 is 0 Å². The van der Waals surface area contributed by atoms with Gasteiger partial charge in [-0.15, -0.1) is 0 Å². The lowest BCUT2D eigenvalue weighted by atomic mass is 10.1. The number of ether oxygens (including phenoxy) is 2. The van der Waals surface area contributed by atoms with Gasteiger partial charge in [-0.1, -0.05) is 13.0 Å². The Morgan fingerprint density at radius 3 is 2.68 bits per heavy atom. The van der Waals surface area contributed by atoms with E-state index >= 15 is 0 Å². The molecular formula is C34H40N6O4. The third-order valence-electron chi connectivity index (χ3n) is 9.61. The molecule has 0 radical (unpaired) electrons. The van der Waals surface area contributed by atoms with E-state index in [-0.39, 0.29) is 11.9 Å². The van der Waals surface area contributed by atoms with Crippen LogP contribution in [0.1, 0.15) is 81.2 Å². The second-order valence-corrected chi connectivity index (χ2v) is 12.5. The number of amides is 1. The smallest absolute Gasteiger partial charge is 0.337 e. The third kappa shape index (κ3) is 5.15. The quantitative estimate of drug-likeness (QED) is 0.204. The van der Waals surface area contributed by atoms with Crippen LogP contribution in [0.5, 0.6) is 0 Å². The number of rotatable bonds is 10. The first kappa shape index (κ1) is 28.6. The number of anilines is 1. The van der Waals surface area contributed by atoms with Gasteiger partial charge in [0.25, 0.3) is 5.91 Å². The molecule has 7 rings (SSSR count). The maximum absolute atomic E-state index is 13.9. The predicted molar refractivity (Wildman–Crippen MR) is 167 cm³/mol. The third-order valence-corrected chi connectivity index (χ3v) is 9.61. The van der Waals surface area contributed by atoms with Crippen LogP contribution in [-0.2, 0) is 29.2 Å². The van der Waals surface area contributed by atoms with Crippen molar-refractivity contribution in [2.75, 3.05) is 31.7 Å². The molecule has 10 nitrogen and oxygen atoms in total. The van der Waals surface area contributed by atoms with E-state index in [1.165, 1.54) is 19.1 Å². The highest BCUT2D eigenvalue weighted by molar-refractivity contribution is 6.08. The number of pyridine rings is 1. The molecule has 0 bridgehead atoms. The summed E-state index contributed by atoms with van der Waals surface area (Å²) in [4.78, 5) is 33.7. The maximum Gasteiger partial charge on any atom is 0.337 e. The van der Waals surface area contributed by atoms with Crippen molar-refractivity contribution in [2.24, 2.45) is 11.8 Å². The molecule has 1 aromatic carbocycles. The number of methoxy groups -OCH3 is 1. The van der Waals surface area contributed by atoms with E-state index in [1.54, 1.807) is 12.1 Å². The number of hydrogen-bond acceptors (Lipinski definition) is 7. The van der Waals surface area contributed by atoms with Gasteiger partial charge in [0.1, 0.15) is 12.5 Å². The summed E-state index contributed by atoms with van der Waals surface area (Å²) in [5, 5.41) is 8.76. The van der Waals surface area contributed by atoms with Crippen molar-refractivity contribution < 1.29 is 19.1 Å². The van der Waals surface area contributed by atoms with E-state index < -0.39 is 5.97 Å². The van der Waals surface area contributed by atoms with Gasteiger partial charge < -0.3 is 24.3 Å². The van der Waals surface area contributed by atoms with Crippen molar-refractivity contribution in [3.63, 3.8) is 0 Å². The number of aryl methyl sites for hydroxylation is 1. The molecule has 1 amide bonds. The van der Waals surface area contributed by atoms with Crippen LogP contribution < -0.4 is 10.2 Å². The number of nitrogens with one attached hydrogen (secondary N) is 1. The summed E-state index contributed by atoms with van der Waals surface area (Å²) in [5.74, 6) is 2.11. The molecule has 0 spiro atoms. The number of piperidine rings is 1. The zero-order valence-corrected chi connectivity index (χ0v) is 25.9. The van der Waals surface area contributed by atoms with E-state index in [9.17, 15) is 9.59 Å². The molecule has 2 aliphatic carbocycles. The average molecular weight is 597 g/mol. The fraction of sp³-hybridized carbons (Fsp3) is 0.471. The van der Waals surface area contributed by atoms with Gasteiger partial charge in [-0.25, -0.2) is 14.5 Å². The maximum atomic E-state index is 13.9. The highest BCUT2D eigenvalue weighted by atomic mass is 16.5. The van der Waals surface area contributed by atoms with Crippen LogP contribution in [0.3, 0.4) is 0 Å². The molecule has 3 unspecified atom stereocenters. The van der Waals surface area contributed by atoms with Crippen molar-refractivity contribution in [2.45, 2.75) is 65.8 Å². The first-order valence-corrected chi connectivity index (χ1v) is 15.7. The van der Waals surface area contributed by atoms with Gasteiger partial charge in [-0.3, -0.25) is 4.79 Å². The topological polar surface area (TPSA) is 104 Å². The molecule has 230 valence electrons. The van der Waals surface area contributed by atoms with Gasteiger partial charge in [-0.05, 0) is 86.8 Å². The second-order valence-electron chi connectivity index (χ2n) is 12.5. The normalized spacial score (nSPS) is 20.2. The summed E-state index contributed by atoms with van der Waals surface area (Å²) in [5.41, 5.74) is 7.03.